The summed E-state index contributed by atoms with van der Waals surface area (Å²) in [6.45, 7) is 0. The molecule has 0 radical (unpaired) electrons. The third-order valence-electron chi connectivity index (χ3n) is 3.68. The van der Waals surface area contributed by atoms with Crippen molar-refractivity contribution in [1.82, 2.24) is 0 Å². The van der Waals surface area contributed by atoms with Gasteiger partial charge in [0.15, 0.2) is 0 Å². The van der Waals surface area contributed by atoms with E-state index >= 15 is 0 Å². The number of thioether (sulfide) groups is 1. The van der Waals surface area contributed by atoms with Crippen LogP contribution in [0.1, 0.15) is 17.5 Å². The van der Waals surface area contributed by atoms with Gasteiger partial charge in [0.1, 0.15) is 0 Å². The van der Waals surface area contributed by atoms with Gasteiger partial charge in [0.25, 0.3) is 0 Å². The molecule has 4 heteroatoms. The summed E-state index contributed by atoms with van der Waals surface area (Å²) in [4.78, 5) is 13.2. The van der Waals surface area contributed by atoms with Gasteiger partial charge in [-0.25, -0.2) is 4.79 Å². The van der Waals surface area contributed by atoms with Gasteiger partial charge in [-0.15, -0.1) is 11.8 Å². The second-order valence-electron chi connectivity index (χ2n) is 5.15. The highest BCUT2D eigenvalue weighted by Crippen LogP contribution is 2.25. The molecule has 0 saturated heterocycles. The van der Waals surface area contributed by atoms with Crippen LogP contribution in [0.5, 0.6) is 0 Å². The second kappa shape index (κ2) is 6.22. The van der Waals surface area contributed by atoms with Crippen LogP contribution in [0.25, 0.3) is 0 Å². The van der Waals surface area contributed by atoms with Gasteiger partial charge in [0, 0.05) is 16.3 Å². The molecule has 3 nitrogen and oxygen atoms in total. The van der Waals surface area contributed by atoms with Gasteiger partial charge in [0.05, 0.1) is 0 Å². The van der Waals surface area contributed by atoms with E-state index in [-0.39, 0.29) is 6.03 Å². The van der Waals surface area contributed by atoms with Crippen LogP contribution >= 0.6 is 11.8 Å². The predicted octanol–water partition coefficient (Wildman–Crippen LogP) is 4.54. The van der Waals surface area contributed by atoms with Crippen LogP contribution in [-0.2, 0) is 12.8 Å². The Labute approximate surface area is 129 Å². The zero-order valence-corrected chi connectivity index (χ0v) is 12.8. The van der Waals surface area contributed by atoms with Crippen LogP contribution in [0.15, 0.2) is 47.4 Å². The molecule has 0 heterocycles. The molecule has 0 aliphatic heterocycles. The van der Waals surface area contributed by atoms with E-state index in [2.05, 4.69) is 22.8 Å². The van der Waals surface area contributed by atoms with Gasteiger partial charge in [0.2, 0.25) is 0 Å². The largest absolute Gasteiger partial charge is 0.323 e. The van der Waals surface area contributed by atoms with Gasteiger partial charge in [-0.05, 0) is 67.0 Å². The van der Waals surface area contributed by atoms with Crippen molar-refractivity contribution in [1.29, 1.82) is 0 Å². The Hall–Kier alpha value is -1.94. The van der Waals surface area contributed by atoms with Crippen LogP contribution in [0.3, 0.4) is 0 Å². The van der Waals surface area contributed by atoms with Gasteiger partial charge in [-0.2, -0.15) is 0 Å². The smallest absolute Gasteiger partial charge is 0.308 e. The number of rotatable bonds is 3. The lowest BCUT2D eigenvalue weighted by Gasteiger charge is -2.10. The van der Waals surface area contributed by atoms with E-state index in [1.807, 2.05) is 36.6 Å². The van der Waals surface area contributed by atoms with Crippen LogP contribution in [0.2, 0.25) is 0 Å². The molecular weight excluding hydrogens is 280 g/mol. The molecule has 0 spiro atoms. The van der Waals surface area contributed by atoms with E-state index in [0.717, 1.165) is 29.1 Å². The monoisotopic (exact) mass is 298 g/mol. The molecule has 3 rings (SSSR count). The van der Waals surface area contributed by atoms with Crippen LogP contribution < -0.4 is 10.6 Å². The van der Waals surface area contributed by atoms with Gasteiger partial charge >= 0.3 is 6.03 Å². The molecule has 2 amide bonds. The Morgan fingerprint density at radius 3 is 2.57 bits per heavy atom. The minimum Gasteiger partial charge on any atom is -0.308 e. The number of aryl methyl sites for hydroxylation is 2. The number of fused-ring (bicyclic) bond motifs is 1. The maximum Gasteiger partial charge on any atom is 0.323 e. The first kappa shape index (κ1) is 14.0. The van der Waals surface area contributed by atoms with E-state index in [0.29, 0.717) is 0 Å². The standard InChI is InChI=1S/C17H18N2OS/c1-21-16-7-3-6-14(11-16)18-17(20)19-15-9-8-12-4-2-5-13(12)10-15/h3,6-11H,2,4-5H2,1H3,(H2,18,19,20). The third-order valence-corrected chi connectivity index (χ3v) is 4.41. The van der Waals surface area contributed by atoms with Crippen molar-refractivity contribution in [2.24, 2.45) is 0 Å². The summed E-state index contributed by atoms with van der Waals surface area (Å²) in [5.41, 5.74) is 4.43. The molecule has 1 aliphatic rings. The zero-order valence-electron chi connectivity index (χ0n) is 12.0. The highest BCUT2D eigenvalue weighted by molar-refractivity contribution is 7.98. The summed E-state index contributed by atoms with van der Waals surface area (Å²) in [6, 6.07) is 13.8. The molecule has 0 fully saturated rings. The van der Waals surface area contributed by atoms with E-state index in [9.17, 15) is 4.79 Å². The summed E-state index contributed by atoms with van der Waals surface area (Å²) < 4.78 is 0. The van der Waals surface area contributed by atoms with Crippen LogP contribution in [0, 0.1) is 0 Å². The molecule has 0 aromatic heterocycles. The summed E-state index contributed by atoms with van der Waals surface area (Å²) in [5.74, 6) is 0. The number of amides is 2. The average Bonchev–Trinajstić information content (AvgIpc) is 2.95. The molecule has 1 aliphatic carbocycles. The summed E-state index contributed by atoms with van der Waals surface area (Å²) in [6.07, 6.45) is 5.50. The fourth-order valence-corrected chi connectivity index (χ4v) is 3.10. The Morgan fingerprint density at radius 2 is 1.76 bits per heavy atom. The number of hydrogen-bond donors (Lipinski definition) is 2. The van der Waals surface area contributed by atoms with Crippen LogP contribution in [0.4, 0.5) is 16.2 Å². The van der Waals surface area contributed by atoms with Crippen molar-refractivity contribution in [3.63, 3.8) is 0 Å². The minimum absolute atomic E-state index is 0.203. The molecule has 2 aromatic rings. The van der Waals surface area contributed by atoms with E-state index in [1.54, 1.807) is 11.8 Å². The normalized spacial score (nSPS) is 12.8. The zero-order chi connectivity index (χ0) is 14.7. The molecule has 2 N–H and O–H groups in total. The van der Waals surface area contributed by atoms with E-state index in [4.69, 9.17) is 0 Å². The van der Waals surface area contributed by atoms with Crippen molar-refractivity contribution in [2.75, 3.05) is 16.9 Å². The van der Waals surface area contributed by atoms with Crippen molar-refractivity contribution in [2.45, 2.75) is 24.2 Å². The van der Waals surface area contributed by atoms with Crippen molar-refractivity contribution in [3.8, 4) is 0 Å². The molecule has 21 heavy (non-hydrogen) atoms. The number of urea groups is 1. The molecular formula is C17H18N2OS. The fourth-order valence-electron chi connectivity index (χ4n) is 2.64. The lowest BCUT2D eigenvalue weighted by Crippen LogP contribution is -2.19. The van der Waals surface area contributed by atoms with Crippen LogP contribution in [-0.4, -0.2) is 12.3 Å². The first-order valence-corrected chi connectivity index (χ1v) is 8.31. The topological polar surface area (TPSA) is 41.1 Å². The molecule has 0 saturated carbocycles. The SMILES string of the molecule is CSc1cccc(NC(=O)Nc2ccc3c(c2)CCC3)c1. The maximum absolute atomic E-state index is 12.1. The summed E-state index contributed by atoms with van der Waals surface area (Å²) >= 11 is 1.66. The Morgan fingerprint density at radius 1 is 1.00 bits per heavy atom. The molecule has 2 aromatic carbocycles. The Bertz CT molecular complexity index is 670. The summed E-state index contributed by atoms with van der Waals surface area (Å²) in [5, 5.41) is 5.77. The molecule has 0 unspecified atom stereocenters. The number of hydrogen-bond acceptors (Lipinski definition) is 2. The number of benzene rings is 2. The third kappa shape index (κ3) is 3.39. The highest BCUT2D eigenvalue weighted by Gasteiger charge is 2.11. The number of carbonyl (C=O) groups is 1. The first-order valence-electron chi connectivity index (χ1n) is 7.08. The van der Waals surface area contributed by atoms with E-state index < -0.39 is 0 Å². The van der Waals surface area contributed by atoms with Crippen molar-refractivity contribution in [3.05, 3.63) is 53.6 Å². The average molecular weight is 298 g/mol. The fraction of sp³-hybridized carbons (Fsp3) is 0.235. The Kier molecular flexibility index (Phi) is 4.15. The summed E-state index contributed by atoms with van der Waals surface area (Å²) in [7, 11) is 0. The minimum atomic E-state index is -0.203. The van der Waals surface area contributed by atoms with Gasteiger partial charge in [-0.3, -0.25) is 0 Å². The predicted molar refractivity (Wildman–Crippen MR) is 89.3 cm³/mol. The van der Waals surface area contributed by atoms with Gasteiger partial charge < -0.3 is 10.6 Å². The lowest BCUT2D eigenvalue weighted by molar-refractivity contribution is 0.262. The lowest BCUT2D eigenvalue weighted by atomic mass is 10.1. The van der Waals surface area contributed by atoms with E-state index in [1.165, 1.54) is 17.5 Å². The highest BCUT2D eigenvalue weighted by atomic mass is 32.2. The Balaban J connectivity index is 1.66. The quantitative estimate of drug-likeness (QED) is 0.817. The van der Waals surface area contributed by atoms with Crippen molar-refractivity contribution < 1.29 is 4.79 Å². The molecule has 108 valence electrons. The number of nitrogens with one attached hydrogen (secondary N) is 2. The number of carbonyl (C=O) groups excluding carboxylic acids is 1. The first-order chi connectivity index (χ1) is 10.2. The maximum atomic E-state index is 12.1. The second-order valence-corrected chi connectivity index (χ2v) is 6.03. The van der Waals surface area contributed by atoms with Gasteiger partial charge in [-0.1, -0.05) is 12.1 Å². The number of anilines is 2. The molecule has 0 bridgehead atoms. The molecule has 0 atom stereocenters. The van der Waals surface area contributed by atoms with Crippen molar-refractivity contribution >= 4 is 29.2 Å².